The summed E-state index contributed by atoms with van der Waals surface area (Å²) >= 11 is 0. The molecule has 1 heterocycles. The number of amides is 1. The molecule has 0 spiro atoms. The smallest absolute Gasteiger partial charge is 0.252 e. The van der Waals surface area contributed by atoms with Crippen molar-refractivity contribution in [3.63, 3.8) is 0 Å². The summed E-state index contributed by atoms with van der Waals surface area (Å²) in [5.74, 6) is -0.596. The number of carbonyl (C=O) groups excluding carboxylic acids is 1. The second kappa shape index (κ2) is 7.82. The molecule has 0 fully saturated rings. The van der Waals surface area contributed by atoms with Crippen molar-refractivity contribution in [2.24, 2.45) is 0 Å². The molecule has 2 aromatic rings. The second-order valence-corrected chi connectivity index (χ2v) is 4.83. The molecular weight excluding hydrogens is 287 g/mol. The van der Waals surface area contributed by atoms with E-state index in [9.17, 15) is 9.18 Å². The molecule has 0 saturated heterocycles. The zero-order valence-electron chi connectivity index (χ0n) is 12.7. The first kappa shape index (κ1) is 16.3. The van der Waals surface area contributed by atoms with Crippen LogP contribution in [-0.4, -0.2) is 44.4 Å². The summed E-state index contributed by atoms with van der Waals surface area (Å²) in [5.41, 5.74) is 1.63. The third-order valence-corrected chi connectivity index (χ3v) is 3.11. The monoisotopic (exact) mass is 306 g/mol. The maximum Gasteiger partial charge on any atom is 0.252 e. The zero-order chi connectivity index (χ0) is 15.9. The van der Waals surface area contributed by atoms with Crippen LogP contribution in [0.25, 0.3) is 10.9 Å². The van der Waals surface area contributed by atoms with Gasteiger partial charge >= 0.3 is 0 Å². The van der Waals surface area contributed by atoms with Gasteiger partial charge in [0, 0.05) is 30.8 Å². The van der Waals surface area contributed by atoms with Crippen molar-refractivity contribution in [2.45, 2.75) is 6.92 Å². The van der Waals surface area contributed by atoms with E-state index >= 15 is 0 Å². The average molecular weight is 306 g/mol. The molecule has 0 aliphatic rings. The number of aryl methyl sites for hydroxylation is 1. The van der Waals surface area contributed by atoms with Gasteiger partial charge in [0.05, 0.1) is 30.9 Å². The molecule has 118 valence electrons. The molecule has 1 N–H and O–H groups in total. The van der Waals surface area contributed by atoms with Gasteiger partial charge < -0.3 is 14.8 Å². The van der Waals surface area contributed by atoms with Crippen LogP contribution in [0.5, 0.6) is 0 Å². The lowest BCUT2D eigenvalue weighted by molar-refractivity contribution is 0.0693. The fourth-order valence-electron chi connectivity index (χ4n) is 2.10. The number of hydrogen-bond donors (Lipinski definition) is 1. The molecule has 0 aliphatic carbocycles. The number of aromatic nitrogens is 1. The molecule has 1 amide bonds. The van der Waals surface area contributed by atoms with Crippen LogP contribution in [0.1, 0.15) is 16.1 Å². The van der Waals surface area contributed by atoms with Gasteiger partial charge in [-0.2, -0.15) is 0 Å². The van der Waals surface area contributed by atoms with Crippen molar-refractivity contribution < 1.29 is 18.7 Å². The molecule has 1 aromatic carbocycles. The number of nitrogens with one attached hydrogen (secondary N) is 1. The first-order valence-corrected chi connectivity index (χ1v) is 7.03. The third kappa shape index (κ3) is 4.22. The average Bonchev–Trinajstić information content (AvgIpc) is 2.49. The van der Waals surface area contributed by atoms with E-state index in [1.165, 1.54) is 12.1 Å². The molecule has 0 atom stereocenters. The van der Waals surface area contributed by atoms with Crippen molar-refractivity contribution in [2.75, 3.05) is 33.5 Å². The number of carbonyl (C=O) groups is 1. The Bertz CT molecular complexity index is 656. The molecule has 2 rings (SSSR count). The summed E-state index contributed by atoms with van der Waals surface area (Å²) in [7, 11) is 1.60. The molecule has 6 heteroatoms. The Morgan fingerprint density at radius 3 is 2.86 bits per heavy atom. The maximum atomic E-state index is 13.3. The summed E-state index contributed by atoms with van der Waals surface area (Å²) in [4.78, 5) is 16.5. The highest BCUT2D eigenvalue weighted by molar-refractivity contribution is 6.06. The van der Waals surface area contributed by atoms with Crippen molar-refractivity contribution in [3.8, 4) is 0 Å². The quantitative estimate of drug-likeness (QED) is 0.796. The standard InChI is InChI=1S/C16H19FN2O3/c1-11-9-14(13-4-3-12(17)10-15(13)19-11)16(20)18-5-6-22-8-7-21-2/h3-4,9-10H,5-8H2,1-2H3,(H,18,20). The highest BCUT2D eigenvalue weighted by Crippen LogP contribution is 2.19. The van der Waals surface area contributed by atoms with Gasteiger partial charge in [-0.1, -0.05) is 0 Å². The number of hydrogen-bond acceptors (Lipinski definition) is 4. The van der Waals surface area contributed by atoms with E-state index < -0.39 is 0 Å². The summed E-state index contributed by atoms with van der Waals surface area (Å²) in [5, 5.41) is 3.41. The Labute approximate surface area is 128 Å². The summed E-state index contributed by atoms with van der Waals surface area (Å²) < 4.78 is 23.4. The topological polar surface area (TPSA) is 60.5 Å². The molecule has 22 heavy (non-hydrogen) atoms. The molecule has 5 nitrogen and oxygen atoms in total. The van der Waals surface area contributed by atoms with Gasteiger partial charge in [0.25, 0.3) is 5.91 Å². The fraction of sp³-hybridized carbons (Fsp3) is 0.375. The van der Waals surface area contributed by atoms with Gasteiger partial charge in [-0.05, 0) is 25.1 Å². The van der Waals surface area contributed by atoms with Crippen LogP contribution in [0, 0.1) is 12.7 Å². The number of fused-ring (bicyclic) bond motifs is 1. The number of pyridine rings is 1. The number of rotatable bonds is 7. The van der Waals surface area contributed by atoms with E-state index in [0.29, 0.717) is 48.5 Å². The Hall–Kier alpha value is -2.05. The summed E-state index contributed by atoms with van der Waals surface area (Å²) in [6, 6.07) is 5.92. The molecule has 0 bridgehead atoms. The van der Waals surface area contributed by atoms with E-state index in [1.807, 2.05) is 0 Å². The number of methoxy groups -OCH3 is 1. The molecule has 1 aromatic heterocycles. The number of benzene rings is 1. The van der Waals surface area contributed by atoms with Crippen LogP contribution in [0.3, 0.4) is 0 Å². The summed E-state index contributed by atoms with van der Waals surface area (Å²) in [6.45, 7) is 3.59. The van der Waals surface area contributed by atoms with Crippen molar-refractivity contribution in [1.82, 2.24) is 10.3 Å². The minimum absolute atomic E-state index is 0.225. The number of ether oxygens (including phenoxy) is 2. The largest absolute Gasteiger partial charge is 0.382 e. The molecule has 0 radical (unpaired) electrons. The lowest BCUT2D eigenvalue weighted by Crippen LogP contribution is -2.28. The highest BCUT2D eigenvalue weighted by atomic mass is 19.1. The van der Waals surface area contributed by atoms with Crippen LogP contribution in [0.15, 0.2) is 24.3 Å². The number of nitrogens with zero attached hydrogens (tertiary/aromatic N) is 1. The van der Waals surface area contributed by atoms with Crippen LogP contribution >= 0.6 is 0 Å². The lowest BCUT2D eigenvalue weighted by atomic mass is 10.1. The van der Waals surface area contributed by atoms with Crippen LogP contribution in [0.2, 0.25) is 0 Å². The highest BCUT2D eigenvalue weighted by Gasteiger charge is 2.12. The van der Waals surface area contributed by atoms with E-state index in [1.54, 1.807) is 26.2 Å². The fourth-order valence-corrected chi connectivity index (χ4v) is 2.10. The van der Waals surface area contributed by atoms with Crippen molar-refractivity contribution >= 4 is 16.8 Å². The first-order chi connectivity index (χ1) is 10.6. The maximum absolute atomic E-state index is 13.3. The lowest BCUT2D eigenvalue weighted by Gasteiger charge is -2.09. The van der Waals surface area contributed by atoms with Gasteiger partial charge in [0.1, 0.15) is 5.82 Å². The predicted molar refractivity (Wildman–Crippen MR) is 81.5 cm³/mol. The third-order valence-electron chi connectivity index (χ3n) is 3.11. The predicted octanol–water partition coefficient (Wildman–Crippen LogP) is 2.08. The minimum Gasteiger partial charge on any atom is -0.382 e. The Morgan fingerprint density at radius 1 is 1.27 bits per heavy atom. The van der Waals surface area contributed by atoms with Crippen molar-refractivity contribution in [1.29, 1.82) is 0 Å². The first-order valence-electron chi connectivity index (χ1n) is 7.03. The minimum atomic E-state index is -0.372. The van der Waals surface area contributed by atoms with Gasteiger partial charge in [0.15, 0.2) is 0 Å². The van der Waals surface area contributed by atoms with E-state index in [0.717, 1.165) is 0 Å². The van der Waals surface area contributed by atoms with Gasteiger partial charge in [-0.15, -0.1) is 0 Å². The molecular formula is C16H19FN2O3. The zero-order valence-corrected chi connectivity index (χ0v) is 12.7. The molecule has 0 aliphatic heterocycles. The van der Waals surface area contributed by atoms with Crippen molar-refractivity contribution in [3.05, 3.63) is 41.3 Å². The van der Waals surface area contributed by atoms with Gasteiger partial charge in [-0.25, -0.2) is 4.39 Å². The Morgan fingerprint density at radius 2 is 2.09 bits per heavy atom. The van der Waals surface area contributed by atoms with Gasteiger partial charge in [0.2, 0.25) is 0 Å². The van der Waals surface area contributed by atoms with Crippen LogP contribution in [0.4, 0.5) is 4.39 Å². The Balaban J connectivity index is 2.05. The van der Waals surface area contributed by atoms with Crippen LogP contribution < -0.4 is 5.32 Å². The molecule has 0 saturated carbocycles. The van der Waals surface area contributed by atoms with E-state index in [-0.39, 0.29) is 11.7 Å². The number of halogens is 1. The van der Waals surface area contributed by atoms with Gasteiger partial charge in [-0.3, -0.25) is 9.78 Å². The summed E-state index contributed by atoms with van der Waals surface area (Å²) in [6.07, 6.45) is 0. The van der Waals surface area contributed by atoms with E-state index in [4.69, 9.17) is 9.47 Å². The second-order valence-electron chi connectivity index (χ2n) is 4.83. The van der Waals surface area contributed by atoms with Crippen LogP contribution in [-0.2, 0) is 9.47 Å². The molecule has 0 unspecified atom stereocenters. The Kier molecular flexibility index (Phi) is 5.80. The SMILES string of the molecule is COCCOCCNC(=O)c1cc(C)nc2cc(F)ccc12. The van der Waals surface area contributed by atoms with E-state index in [2.05, 4.69) is 10.3 Å². The normalized spacial score (nSPS) is 10.9.